The van der Waals surface area contributed by atoms with E-state index in [0.717, 1.165) is 25.7 Å². The molecule has 6 rings (SSSR count). The van der Waals surface area contributed by atoms with Gasteiger partial charge in [-0.15, -0.1) is 0 Å². The van der Waals surface area contributed by atoms with Gasteiger partial charge in [-0.2, -0.15) is 0 Å². The van der Waals surface area contributed by atoms with Crippen molar-refractivity contribution in [3.63, 3.8) is 0 Å². The van der Waals surface area contributed by atoms with E-state index in [1.165, 1.54) is 40.1 Å². The average molecular weight is 512 g/mol. The molecule has 0 bridgehead atoms. The SMILES string of the molecule is CCCC1=CC=CC(C2=CC3C=CC=CC3C=C2C2C=CC=C(NC3=CCCC=C3)C2)C1c1ccccc1C. The van der Waals surface area contributed by atoms with E-state index in [1.807, 2.05) is 0 Å². The Hall–Kier alpha value is -3.58. The fourth-order valence-corrected chi connectivity index (χ4v) is 6.98. The second-order valence-electron chi connectivity index (χ2n) is 11.6. The van der Waals surface area contributed by atoms with Crippen LogP contribution in [0.5, 0.6) is 0 Å². The average Bonchev–Trinajstić information content (AvgIpc) is 2.98. The number of nitrogens with one attached hydrogen (secondary N) is 1. The van der Waals surface area contributed by atoms with Crippen LogP contribution in [0.25, 0.3) is 0 Å². The van der Waals surface area contributed by atoms with Gasteiger partial charge in [-0.05, 0) is 67.0 Å². The molecule has 1 aromatic rings. The van der Waals surface area contributed by atoms with Gasteiger partial charge in [-0.1, -0.05) is 122 Å². The molecule has 5 atom stereocenters. The van der Waals surface area contributed by atoms with Crippen LogP contribution in [0, 0.1) is 30.6 Å². The van der Waals surface area contributed by atoms with Crippen LogP contribution >= 0.6 is 0 Å². The molecule has 0 fully saturated rings. The van der Waals surface area contributed by atoms with E-state index >= 15 is 0 Å². The van der Waals surface area contributed by atoms with Gasteiger partial charge in [0.25, 0.3) is 0 Å². The van der Waals surface area contributed by atoms with Crippen LogP contribution < -0.4 is 5.32 Å². The molecule has 0 aromatic heterocycles. The molecule has 0 spiro atoms. The summed E-state index contributed by atoms with van der Waals surface area (Å²) >= 11 is 0. The van der Waals surface area contributed by atoms with E-state index in [2.05, 4.69) is 135 Å². The zero-order valence-corrected chi connectivity index (χ0v) is 23.4. The number of aryl methyl sites for hydroxylation is 1. The Balaban J connectivity index is 1.37. The standard InChI is InChI=1S/C38H41N/c1-3-13-28-17-12-23-35(38(28)34-22-10-7-14-27(34)2)37-26-30-16-9-8-15-29(30)25-36(37)31-18-11-21-33(24-31)39-32-19-5-4-6-20-32/h5,7-12,14-23,25-26,29-31,35,38-39H,3-4,6,13,24H2,1-2H3. The van der Waals surface area contributed by atoms with Crippen molar-refractivity contribution < 1.29 is 0 Å². The summed E-state index contributed by atoms with van der Waals surface area (Å²) in [6.07, 6.45) is 41.0. The smallest absolute Gasteiger partial charge is 0.0338 e. The van der Waals surface area contributed by atoms with Gasteiger partial charge < -0.3 is 5.32 Å². The van der Waals surface area contributed by atoms with E-state index < -0.39 is 0 Å². The Kier molecular flexibility index (Phi) is 7.68. The maximum absolute atomic E-state index is 3.73. The Labute approximate surface area is 235 Å². The lowest BCUT2D eigenvalue weighted by Gasteiger charge is -2.39. The second-order valence-corrected chi connectivity index (χ2v) is 11.6. The van der Waals surface area contributed by atoms with Crippen molar-refractivity contribution in [2.24, 2.45) is 23.7 Å². The summed E-state index contributed by atoms with van der Waals surface area (Å²) in [5, 5.41) is 3.73. The molecule has 0 heterocycles. The molecular formula is C38H41N. The first kappa shape index (κ1) is 25.7. The lowest BCUT2D eigenvalue weighted by molar-refractivity contribution is 0.551. The van der Waals surface area contributed by atoms with Crippen LogP contribution in [0.2, 0.25) is 0 Å². The van der Waals surface area contributed by atoms with Crippen molar-refractivity contribution in [1.82, 2.24) is 5.32 Å². The highest BCUT2D eigenvalue weighted by Gasteiger charge is 2.36. The molecule has 198 valence electrons. The molecule has 39 heavy (non-hydrogen) atoms. The van der Waals surface area contributed by atoms with Crippen LogP contribution in [0.3, 0.4) is 0 Å². The molecule has 0 amide bonds. The van der Waals surface area contributed by atoms with Gasteiger partial charge in [0.1, 0.15) is 0 Å². The Bertz CT molecular complexity index is 1400. The number of benzene rings is 1. The largest absolute Gasteiger partial charge is 0.359 e. The molecule has 0 radical (unpaired) electrons. The summed E-state index contributed by atoms with van der Waals surface area (Å²) in [7, 11) is 0. The maximum atomic E-state index is 3.73. The van der Waals surface area contributed by atoms with E-state index in [1.54, 1.807) is 5.57 Å². The van der Waals surface area contributed by atoms with Crippen LogP contribution in [-0.4, -0.2) is 0 Å². The third-order valence-corrected chi connectivity index (χ3v) is 8.89. The third-order valence-electron chi connectivity index (χ3n) is 8.89. The highest BCUT2D eigenvalue weighted by atomic mass is 14.9. The van der Waals surface area contributed by atoms with Crippen LogP contribution in [0.4, 0.5) is 0 Å². The normalized spacial score (nSPS) is 29.2. The fourth-order valence-electron chi connectivity index (χ4n) is 6.98. The number of allylic oxidation sites excluding steroid dienone is 19. The van der Waals surface area contributed by atoms with Crippen molar-refractivity contribution in [3.8, 4) is 0 Å². The minimum absolute atomic E-state index is 0.337. The predicted octanol–water partition coefficient (Wildman–Crippen LogP) is 9.50. The van der Waals surface area contributed by atoms with Crippen molar-refractivity contribution in [3.05, 3.63) is 155 Å². The molecule has 5 aliphatic carbocycles. The van der Waals surface area contributed by atoms with Gasteiger partial charge >= 0.3 is 0 Å². The van der Waals surface area contributed by atoms with E-state index in [-0.39, 0.29) is 0 Å². The second kappa shape index (κ2) is 11.7. The number of hydrogen-bond donors (Lipinski definition) is 1. The van der Waals surface area contributed by atoms with Gasteiger partial charge in [-0.3, -0.25) is 0 Å². The zero-order valence-electron chi connectivity index (χ0n) is 23.4. The molecular weight excluding hydrogens is 470 g/mol. The molecule has 5 aliphatic rings. The van der Waals surface area contributed by atoms with Gasteiger partial charge in [-0.25, -0.2) is 0 Å². The Morgan fingerprint density at radius 1 is 0.846 bits per heavy atom. The van der Waals surface area contributed by atoms with E-state index in [9.17, 15) is 0 Å². The monoisotopic (exact) mass is 511 g/mol. The lowest BCUT2D eigenvalue weighted by atomic mass is 9.65. The minimum atomic E-state index is 0.337. The summed E-state index contributed by atoms with van der Waals surface area (Å²) < 4.78 is 0. The Morgan fingerprint density at radius 2 is 1.64 bits per heavy atom. The minimum Gasteiger partial charge on any atom is -0.359 e. The van der Waals surface area contributed by atoms with E-state index in [0.29, 0.717) is 29.6 Å². The first-order valence-corrected chi connectivity index (χ1v) is 14.9. The van der Waals surface area contributed by atoms with Crippen molar-refractivity contribution in [1.29, 1.82) is 0 Å². The Morgan fingerprint density at radius 3 is 2.41 bits per heavy atom. The van der Waals surface area contributed by atoms with Crippen LogP contribution in [0.15, 0.2) is 144 Å². The molecule has 1 nitrogen and oxygen atoms in total. The molecule has 1 N–H and O–H groups in total. The molecule has 0 saturated heterocycles. The molecule has 1 heteroatoms. The van der Waals surface area contributed by atoms with Crippen LogP contribution in [0.1, 0.15) is 56.1 Å². The zero-order chi connectivity index (χ0) is 26.6. The number of fused-ring (bicyclic) bond motifs is 1. The number of hydrogen-bond acceptors (Lipinski definition) is 1. The van der Waals surface area contributed by atoms with Crippen molar-refractivity contribution in [2.45, 2.75) is 51.9 Å². The van der Waals surface area contributed by atoms with Crippen molar-refractivity contribution in [2.75, 3.05) is 0 Å². The van der Waals surface area contributed by atoms with Crippen LogP contribution in [-0.2, 0) is 0 Å². The van der Waals surface area contributed by atoms with Gasteiger partial charge in [0.05, 0.1) is 0 Å². The molecule has 5 unspecified atom stereocenters. The molecule has 1 aromatic carbocycles. The number of rotatable bonds is 7. The highest BCUT2D eigenvalue weighted by molar-refractivity contribution is 5.53. The molecule has 0 aliphatic heterocycles. The topological polar surface area (TPSA) is 12.0 Å². The quantitative estimate of drug-likeness (QED) is 0.384. The first-order valence-electron chi connectivity index (χ1n) is 14.9. The third kappa shape index (κ3) is 5.46. The van der Waals surface area contributed by atoms with Gasteiger partial charge in [0.2, 0.25) is 0 Å². The molecule has 0 saturated carbocycles. The predicted molar refractivity (Wildman–Crippen MR) is 166 cm³/mol. The summed E-state index contributed by atoms with van der Waals surface area (Å²) in [6.45, 7) is 4.59. The summed E-state index contributed by atoms with van der Waals surface area (Å²) in [4.78, 5) is 0. The summed E-state index contributed by atoms with van der Waals surface area (Å²) in [6, 6.07) is 9.05. The summed E-state index contributed by atoms with van der Waals surface area (Å²) in [5.74, 6) is 1.94. The van der Waals surface area contributed by atoms with Crippen molar-refractivity contribution >= 4 is 0 Å². The fraction of sp³-hybridized carbons (Fsp3) is 0.316. The first-order chi connectivity index (χ1) is 19.2. The lowest BCUT2D eigenvalue weighted by Crippen LogP contribution is -2.27. The maximum Gasteiger partial charge on any atom is 0.0338 e. The van der Waals surface area contributed by atoms with Gasteiger partial charge in [0, 0.05) is 41.0 Å². The van der Waals surface area contributed by atoms with E-state index in [4.69, 9.17) is 0 Å². The van der Waals surface area contributed by atoms with Gasteiger partial charge in [0.15, 0.2) is 0 Å². The summed E-state index contributed by atoms with van der Waals surface area (Å²) in [5.41, 5.74) is 10.0. The highest BCUT2D eigenvalue weighted by Crippen LogP contribution is 2.49.